The average Bonchev–Trinajstić information content (AvgIpc) is 2.66. The molecule has 27 heavy (non-hydrogen) atoms. The van der Waals surface area contributed by atoms with Gasteiger partial charge in [-0.05, 0) is 25.0 Å². The van der Waals surface area contributed by atoms with E-state index in [1.54, 1.807) is 0 Å². The molecule has 0 fully saturated rings. The summed E-state index contributed by atoms with van der Waals surface area (Å²) in [4.78, 5) is 36.3. The number of benzene rings is 1. The van der Waals surface area contributed by atoms with Gasteiger partial charge in [0, 0.05) is 0 Å². The van der Waals surface area contributed by atoms with Crippen LogP contribution in [0.1, 0.15) is 96.3 Å². The zero-order valence-electron chi connectivity index (χ0n) is 16.3. The lowest BCUT2D eigenvalue weighted by atomic mass is 10.0. The van der Waals surface area contributed by atoms with Gasteiger partial charge in [0.15, 0.2) is 0 Å². The van der Waals surface area contributed by atoms with Crippen LogP contribution >= 0.6 is 0 Å². The van der Waals surface area contributed by atoms with E-state index >= 15 is 0 Å². The molecule has 1 N–H and O–H groups in total. The van der Waals surface area contributed by atoms with Crippen molar-refractivity contribution in [3.05, 3.63) is 34.9 Å². The zero-order chi connectivity index (χ0) is 20.1. The highest BCUT2D eigenvalue weighted by Gasteiger charge is 2.26. The van der Waals surface area contributed by atoms with Crippen LogP contribution in [0.3, 0.4) is 0 Å². The van der Waals surface area contributed by atoms with Gasteiger partial charge in [0.25, 0.3) is 0 Å². The SMILES string of the molecule is CCCCCCOC(=O)c1cccc(C(=O)O)c1C(=O)OCCCCCC. The van der Waals surface area contributed by atoms with Crippen LogP contribution < -0.4 is 0 Å². The van der Waals surface area contributed by atoms with Crippen LogP contribution in [0.25, 0.3) is 0 Å². The summed E-state index contributed by atoms with van der Waals surface area (Å²) >= 11 is 0. The molecule has 0 bridgehead atoms. The second-order valence-corrected chi connectivity index (χ2v) is 6.43. The Morgan fingerprint density at radius 3 is 1.81 bits per heavy atom. The molecule has 0 radical (unpaired) electrons. The van der Waals surface area contributed by atoms with Crippen molar-refractivity contribution in [1.29, 1.82) is 0 Å². The summed E-state index contributed by atoms with van der Waals surface area (Å²) in [7, 11) is 0. The number of ether oxygens (including phenoxy) is 2. The lowest BCUT2D eigenvalue weighted by Gasteiger charge is -2.12. The minimum atomic E-state index is -1.29. The Kier molecular flexibility index (Phi) is 10.8. The fourth-order valence-corrected chi connectivity index (χ4v) is 2.66. The van der Waals surface area contributed by atoms with E-state index in [1.165, 1.54) is 18.2 Å². The fraction of sp³-hybridized carbons (Fsp3) is 0.571. The summed E-state index contributed by atoms with van der Waals surface area (Å²) in [6.45, 7) is 4.60. The molecule has 0 atom stereocenters. The number of carbonyl (C=O) groups excluding carboxylic acids is 2. The maximum atomic E-state index is 12.4. The highest BCUT2D eigenvalue weighted by Crippen LogP contribution is 2.19. The van der Waals surface area contributed by atoms with E-state index in [-0.39, 0.29) is 29.9 Å². The Morgan fingerprint density at radius 1 is 0.778 bits per heavy atom. The third-order valence-corrected chi connectivity index (χ3v) is 4.18. The van der Waals surface area contributed by atoms with Crippen molar-refractivity contribution in [2.75, 3.05) is 13.2 Å². The third kappa shape index (κ3) is 7.81. The first-order chi connectivity index (χ1) is 13.0. The number of unbranched alkanes of at least 4 members (excludes halogenated alkanes) is 6. The maximum absolute atomic E-state index is 12.4. The molecule has 1 aromatic rings. The topological polar surface area (TPSA) is 89.9 Å². The smallest absolute Gasteiger partial charge is 0.339 e. The Labute approximate surface area is 160 Å². The van der Waals surface area contributed by atoms with Crippen molar-refractivity contribution in [3.8, 4) is 0 Å². The molecule has 0 aliphatic heterocycles. The van der Waals surface area contributed by atoms with Crippen molar-refractivity contribution in [3.63, 3.8) is 0 Å². The van der Waals surface area contributed by atoms with Crippen molar-refractivity contribution >= 4 is 17.9 Å². The lowest BCUT2D eigenvalue weighted by Crippen LogP contribution is -2.19. The number of carbonyl (C=O) groups is 3. The Morgan fingerprint density at radius 2 is 1.30 bits per heavy atom. The van der Waals surface area contributed by atoms with Crippen LogP contribution in [0.2, 0.25) is 0 Å². The molecule has 1 aromatic carbocycles. The van der Waals surface area contributed by atoms with Gasteiger partial charge in [-0.25, -0.2) is 14.4 Å². The quantitative estimate of drug-likeness (QED) is 0.389. The van der Waals surface area contributed by atoms with E-state index < -0.39 is 17.9 Å². The second kappa shape index (κ2) is 12.9. The molecule has 6 nitrogen and oxygen atoms in total. The molecule has 0 unspecified atom stereocenters. The Bertz CT molecular complexity index is 623. The summed E-state index contributed by atoms with van der Waals surface area (Å²) in [6.07, 6.45) is 7.54. The standard InChI is InChI=1S/C21H30O6/c1-3-5-7-9-14-26-20(24)17-13-11-12-16(19(22)23)18(17)21(25)27-15-10-8-6-4-2/h11-13H,3-10,14-15H2,1-2H3,(H,22,23). The number of carboxylic acid groups (broad SMARTS) is 1. The second-order valence-electron chi connectivity index (χ2n) is 6.43. The number of esters is 2. The first kappa shape index (κ1) is 22.7. The first-order valence-corrected chi connectivity index (χ1v) is 9.73. The van der Waals surface area contributed by atoms with E-state index in [0.717, 1.165) is 44.9 Å². The minimum Gasteiger partial charge on any atom is -0.478 e. The van der Waals surface area contributed by atoms with E-state index in [4.69, 9.17) is 9.47 Å². The highest BCUT2D eigenvalue weighted by molar-refractivity contribution is 6.10. The molecule has 0 heterocycles. The van der Waals surface area contributed by atoms with Gasteiger partial charge in [0.05, 0.1) is 29.9 Å². The number of aromatic carboxylic acids is 1. The van der Waals surface area contributed by atoms with Gasteiger partial charge in [0.2, 0.25) is 0 Å². The van der Waals surface area contributed by atoms with Gasteiger partial charge < -0.3 is 14.6 Å². The summed E-state index contributed by atoms with van der Waals surface area (Å²) in [5.41, 5.74) is -0.558. The molecule has 1 rings (SSSR count). The van der Waals surface area contributed by atoms with E-state index in [1.807, 2.05) is 0 Å². The predicted octanol–water partition coefficient (Wildman–Crippen LogP) is 4.86. The summed E-state index contributed by atoms with van der Waals surface area (Å²) in [5.74, 6) is -2.79. The fourth-order valence-electron chi connectivity index (χ4n) is 2.66. The van der Waals surface area contributed by atoms with Gasteiger partial charge in [-0.3, -0.25) is 0 Å². The maximum Gasteiger partial charge on any atom is 0.339 e. The van der Waals surface area contributed by atoms with Crippen LogP contribution in [0, 0.1) is 0 Å². The zero-order valence-corrected chi connectivity index (χ0v) is 16.3. The average molecular weight is 378 g/mol. The molecule has 0 aromatic heterocycles. The van der Waals surface area contributed by atoms with Crippen molar-refractivity contribution in [1.82, 2.24) is 0 Å². The van der Waals surface area contributed by atoms with Crippen molar-refractivity contribution in [2.24, 2.45) is 0 Å². The van der Waals surface area contributed by atoms with Crippen LogP contribution in [-0.4, -0.2) is 36.2 Å². The van der Waals surface area contributed by atoms with Crippen LogP contribution in [0.15, 0.2) is 18.2 Å². The van der Waals surface area contributed by atoms with Crippen LogP contribution in [-0.2, 0) is 9.47 Å². The molecule has 6 heteroatoms. The van der Waals surface area contributed by atoms with E-state index in [9.17, 15) is 19.5 Å². The van der Waals surface area contributed by atoms with E-state index in [0.29, 0.717) is 6.42 Å². The molecular weight excluding hydrogens is 348 g/mol. The molecule has 0 saturated heterocycles. The van der Waals surface area contributed by atoms with Crippen molar-refractivity contribution in [2.45, 2.75) is 65.2 Å². The van der Waals surface area contributed by atoms with Gasteiger partial charge >= 0.3 is 17.9 Å². The Hall–Kier alpha value is -2.37. The van der Waals surface area contributed by atoms with Crippen molar-refractivity contribution < 1.29 is 29.0 Å². The number of hydrogen-bond donors (Lipinski definition) is 1. The molecule has 0 spiro atoms. The van der Waals surface area contributed by atoms with Gasteiger partial charge in [0.1, 0.15) is 0 Å². The first-order valence-electron chi connectivity index (χ1n) is 9.73. The monoisotopic (exact) mass is 378 g/mol. The molecule has 0 amide bonds. The van der Waals surface area contributed by atoms with E-state index in [2.05, 4.69) is 13.8 Å². The molecule has 150 valence electrons. The molecular formula is C21H30O6. The highest BCUT2D eigenvalue weighted by atomic mass is 16.5. The minimum absolute atomic E-state index is 0.0658. The third-order valence-electron chi connectivity index (χ3n) is 4.18. The van der Waals surface area contributed by atoms with Gasteiger partial charge in [-0.15, -0.1) is 0 Å². The van der Waals surface area contributed by atoms with Crippen LogP contribution in [0.4, 0.5) is 0 Å². The summed E-state index contributed by atoms with van der Waals surface area (Å²) in [6, 6.07) is 4.11. The number of rotatable bonds is 13. The molecule has 0 saturated carbocycles. The van der Waals surface area contributed by atoms with Gasteiger partial charge in [-0.1, -0.05) is 58.4 Å². The number of hydrogen-bond acceptors (Lipinski definition) is 5. The Balaban J connectivity index is 2.84. The summed E-state index contributed by atoms with van der Waals surface area (Å²) in [5, 5.41) is 9.38. The molecule has 0 aliphatic carbocycles. The lowest BCUT2D eigenvalue weighted by molar-refractivity contribution is 0.0446. The molecule has 0 aliphatic rings. The predicted molar refractivity (Wildman–Crippen MR) is 102 cm³/mol. The van der Waals surface area contributed by atoms with Crippen LogP contribution in [0.5, 0.6) is 0 Å². The summed E-state index contributed by atoms with van der Waals surface area (Å²) < 4.78 is 10.4. The van der Waals surface area contributed by atoms with Gasteiger partial charge in [-0.2, -0.15) is 0 Å². The largest absolute Gasteiger partial charge is 0.478 e. The normalized spacial score (nSPS) is 10.4. The number of carboxylic acids is 1.